The highest BCUT2D eigenvalue weighted by atomic mass is 35.5. The predicted octanol–water partition coefficient (Wildman–Crippen LogP) is 6.25. The molecular weight excluding hydrogens is 456 g/mol. The summed E-state index contributed by atoms with van der Waals surface area (Å²) in [6, 6.07) is 19.6. The van der Waals surface area contributed by atoms with Gasteiger partial charge in [0.15, 0.2) is 0 Å². The summed E-state index contributed by atoms with van der Waals surface area (Å²) in [6.45, 7) is 8.96. The largest absolute Gasteiger partial charge is 0.366 e. The van der Waals surface area contributed by atoms with Crippen LogP contribution >= 0.6 is 11.6 Å². The summed E-state index contributed by atoms with van der Waals surface area (Å²) in [4.78, 5) is 24.0. The zero-order chi connectivity index (χ0) is 24.8. The molecule has 35 heavy (non-hydrogen) atoms. The molecule has 1 aliphatic rings. The molecule has 0 atom stereocenters. The molecule has 3 aromatic rings. The molecule has 2 heterocycles. The van der Waals surface area contributed by atoms with Crippen LogP contribution in [0.25, 0.3) is 16.7 Å². The number of nitrogens with zero attached hydrogens (tertiary/aromatic N) is 3. The third-order valence-corrected chi connectivity index (χ3v) is 6.06. The molecule has 0 saturated carbocycles. The van der Waals surface area contributed by atoms with Gasteiger partial charge in [-0.05, 0) is 43.2 Å². The zero-order valence-electron chi connectivity index (χ0n) is 19.8. The number of likely N-dealkylation sites (N-methyl/N-ethyl adjacent to an activating group) is 1. The molecule has 0 unspecified atom stereocenters. The summed E-state index contributed by atoms with van der Waals surface area (Å²) in [5.41, 5.74) is 5.07. The number of pyridine rings is 1. The molecule has 5 nitrogen and oxygen atoms in total. The van der Waals surface area contributed by atoms with E-state index in [0.29, 0.717) is 40.9 Å². The lowest BCUT2D eigenvalue weighted by Crippen LogP contribution is -2.41. The van der Waals surface area contributed by atoms with Gasteiger partial charge in [0.25, 0.3) is 5.91 Å². The summed E-state index contributed by atoms with van der Waals surface area (Å²) in [5, 5.41) is 3.74. The molecule has 2 aromatic carbocycles. The number of hydrogen-bond acceptors (Lipinski definition) is 4. The molecule has 0 radical (unpaired) electrons. The monoisotopic (exact) mass is 482 g/mol. The van der Waals surface area contributed by atoms with E-state index in [9.17, 15) is 4.79 Å². The van der Waals surface area contributed by atoms with Gasteiger partial charge in [-0.3, -0.25) is 14.7 Å². The molecule has 1 N–H and O–H groups in total. The highest BCUT2D eigenvalue weighted by molar-refractivity contribution is 6.37. The van der Waals surface area contributed by atoms with Gasteiger partial charge in [-0.1, -0.05) is 72.8 Å². The van der Waals surface area contributed by atoms with Gasteiger partial charge in [0.05, 0.1) is 0 Å². The lowest BCUT2D eigenvalue weighted by atomic mass is 9.95. The van der Waals surface area contributed by atoms with Gasteiger partial charge in [-0.15, -0.1) is 0 Å². The van der Waals surface area contributed by atoms with Crippen LogP contribution in [0.4, 0.5) is 0 Å². The van der Waals surface area contributed by atoms with Gasteiger partial charge in [0.2, 0.25) is 0 Å². The van der Waals surface area contributed by atoms with Crippen molar-refractivity contribution in [2.75, 3.05) is 6.54 Å². The Morgan fingerprint density at radius 2 is 1.94 bits per heavy atom. The quantitative estimate of drug-likeness (QED) is 0.432. The highest BCUT2D eigenvalue weighted by Crippen LogP contribution is 2.33. The molecule has 6 heteroatoms. The van der Waals surface area contributed by atoms with Gasteiger partial charge in [-0.2, -0.15) is 0 Å². The van der Waals surface area contributed by atoms with E-state index in [1.807, 2.05) is 86.7 Å². The van der Waals surface area contributed by atoms with Gasteiger partial charge < -0.3 is 5.32 Å². The average Bonchev–Trinajstić information content (AvgIpc) is 2.89. The topological polar surface area (TPSA) is 57.6 Å². The summed E-state index contributed by atoms with van der Waals surface area (Å²) >= 11 is 6.67. The van der Waals surface area contributed by atoms with Crippen LogP contribution in [-0.4, -0.2) is 28.2 Å². The summed E-state index contributed by atoms with van der Waals surface area (Å²) < 4.78 is 0. The Hall–Kier alpha value is -3.96. The van der Waals surface area contributed by atoms with Crippen molar-refractivity contribution in [1.29, 1.82) is 0 Å². The Morgan fingerprint density at radius 3 is 2.60 bits per heavy atom. The van der Waals surface area contributed by atoms with E-state index in [1.54, 1.807) is 17.3 Å². The molecule has 0 bridgehead atoms. The first-order valence-electron chi connectivity index (χ1n) is 11.5. The van der Waals surface area contributed by atoms with Gasteiger partial charge >= 0.3 is 0 Å². The van der Waals surface area contributed by atoms with Crippen molar-refractivity contribution in [3.63, 3.8) is 0 Å². The Morgan fingerprint density at radius 1 is 1.14 bits per heavy atom. The first-order valence-corrected chi connectivity index (χ1v) is 11.9. The number of benzene rings is 2. The van der Waals surface area contributed by atoms with Crippen LogP contribution in [0.1, 0.15) is 25.0 Å². The molecule has 1 amide bonds. The minimum atomic E-state index is -0.149. The number of carbonyl (C=O) groups excluding carboxylic acids is 1. The van der Waals surface area contributed by atoms with E-state index in [2.05, 4.69) is 21.9 Å². The number of halogens is 1. The second-order valence-corrected chi connectivity index (χ2v) is 8.42. The number of aromatic nitrogens is 1. The van der Waals surface area contributed by atoms with E-state index in [4.69, 9.17) is 11.6 Å². The zero-order valence-corrected chi connectivity index (χ0v) is 20.6. The molecule has 176 valence electrons. The van der Waals surface area contributed by atoms with E-state index in [-0.39, 0.29) is 5.91 Å². The number of aliphatic imine (C=N–C) groups is 1. The van der Waals surface area contributed by atoms with Crippen molar-refractivity contribution in [1.82, 2.24) is 15.2 Å². The van der Waals surface area contributed by atoms with Gasteiger partial charge in [-0.25, -0.2) is 4.99 Å². The SMILES string of the molecule is C=C(/N=C1\C(=C/C)C=C(c2ccc(-c3cccnc3)cc2Cl)C(=O)N1CC)NCc1ccccc1. The number of carbonyl (C=O) groups is 1. The fourth-order valence-corrected chi connectivity index (χ4v) is 4.20. The third kappa shape index (κ3) is 5.42. The lowest BCUT2D eigenvalue weighted by molar-refractivity contribution is -0.121. The maximum Gasteiger partial charge on any atom is 0.260 e. The number of nitrogens with one attached hydrogen (secondary N) is 1. The van der Waals surface area contributed by atoms with E-state index >= 15 is 0 Å². The van der Waals surface area contributed by atoms with Crippen molar-refractivity contribution in [2.24, 2.45) is 4.99 Å². The molecule has 1 aliphatic heterocycles. The average molecular weight is 483 g/mol. The van der Waals surface area contributed by atoms with Crippen molar-refractivity contribution in [3.8, 4) is 11.1 Å². The Bertz CT molecular complexity index is 1330. The van der Waals surface area contributed by atoms with Crippen LogP contribution in [0.15, 0.2) is 108 Å². The van der Waals surface area contributed by atoms with E-state index in [0.717, 1.165) is 22.3 Å². The Balaban J connectivity index is 1.63. The van der Waals surface area contributed by atoms with Crippen LogP contribution < -0.4 is 5.32 Å². The van der Waals surface area contributed by atoms with Crippen LogP contribution in [0.5, 0.6) is 0 Å². The number of hydrogen-bond donors (Lipinski definition) is 1. The van der Waals surface area contributed by atoms with Gasteiger partial charge in [0, 0.05) is 52.8 Å². The number of amides is 1. The van der Waals surface area contributed by atoms with Crippen LogP contribution in [-0.2, 0) is 11.3 Å². The maximum absolute atomic E-state index is 13.5. The first kappa shape index (κ1) is 24.2. The Kier molecular flexibility index (Phi) is 7.58. The predicted molar refractivity (Wildman–Crippen MR) is 144 cm³/mol. The minimum absolute atomic E-state index is 0.149. The van der Waals surface area contributed by atoms with Gasteiger partial charge in [0.1, 0.15) is 11.7 Å². The normalized spacial score (nSPS) is 15.9. The van der Waals surface area contributed by atoms with Crippen LogP contribution in [0.2, 0.25) is 5.02 Å². The molecular formula is C29H27ClN4O. The highest BCUT2D eigenvalue weighted by Gasteiger charge is 2.30. The smallest absolute Gasteiger partial charge is 0.260 e. The number of rotatable bonds is 7. The second kappa shape index (κ2) is 11.0. The second-order valence-electron chi connectivity index (χ2n) is 8.01. The van der Waals surface area contributed by atoms with Crippen molar-refractivity contribution < 1.29 is 4.79 Å². The molecule has 4 rings (SSSR count). The van der Waals surface area contributed by atoms with Crippen molar-refractivity contribution in [3.05, 3.63) is 119 Å². The number of amidine groups is 1. The fourth-order valence-electron chi connectivity index (χ4n) is 3.92. The standard InChI is InChI=1S/C29H27ClN4O/c1-4-22-16-26(25-14-13-23(17-27(25)30)24-12-9-15-31-19-24)29(35)34(5-2)28(22)33-20(3)32-18-21-10-7-6-8-11-21/h4,6-17,19,32H,3,5,18H2,1-2H3/b22-4-,33-28+. The summed E-state index contributed by atoms with van der Waals surface area (Å²) in [7, 11) is 0. The van der Waals surface area contributed by atoms with Crippen LogP contribution in [0.3, 0.4) is 0 Å². The molecule has 0 fully saturated rings. The third-order valence-electron chi connectivity index (χ3n) is 5.75. The molecule has 1 aromatic heterocycles. The van der Waals surface area contributed by atoms with E-state index < -0.39 is 0 Å². The van der Waals surface area contributed by atoms with E-state index in [1.165, 1.54) is 0 Å². The van der Waals surface area contributed by atoms with Crippen molar-refractivity contribution in [2.45, 2.75) is 20.4 Å². The summed E-state index contributed by atoms with van der Waals surface area (Å²) in [6.07, 6.45) is 7.31. The summed E-state index contributed by atoms with van der Waals surface area (Å²) in [5.74, 6) is 0.909. The first-order chi connectivity index (χ1) is 17.0. The Labute approximate surface area is 211 Å². The maximum atomic E-state index is 13.5. The fraction of sp³-hybridized carbons (Fsp3) is 0.138. The number of allylic oxidation sites excluding steroid dienone is 1. The minimum Gasteiger partial charge on any atom is -0.366 e. The molecule has 0 saturated heterocycles. The van der Waals surface area contributed by atoms with Crippen LogP contribution in [0, 0.1) is 0 Å². The van der Waals surface area contributed by atoms with Crippen molar-refractivity contribution >= 4 is 28.9 Å². The molecule has 0 spiro atoms. The molecule has 0 aliphatic carbocycles. The lowest BCUT2D eigenvalue weighted by Gasteiger charge is -2.30.